The van der Waals surface area contributed by atoms with Crippen LogP contribution in [0.15, 0.2) is 18.2 Å². The van der Waals surface area contributed by atoms with Crippen molar-refractivity contribution in [3.63, 3.8) is 0 Å². The number of hydrogen-bond donors (Lipinski definition) is 1. The minimum Gasteiger partial charge on any atom is -0.385 e. The molecule has 1 aliphatic heterocycles. The van der Waals surface area contributed by atoms with Gasteiger partial charge in [0.25, 0.3) is 0 Å². The molecule has 2 unspecified atom stereocenters. The molecule has 1 aromatic carbocycles. The monoisotopic (exact) mass is 228 g/mol. The molecular weight excluding hydrogens is 214 g/mol. The first-order valence-corrected chi connectivity index (χ1v) is 5.27. The molecule has 2 nitrogen and oxygen atoms in total. The highest BCUT2D eigenvalue weighted by atomic mass is 19.1. The molecular formula is C12H14F2O2. The second-order valence-electron chi connectivity index (χ2n) is 4.37. The minimum absolute atomic E-state index is 0.117. The smallest absolute Gasteiger partial charge is 0.126 e. The fraction of sp³-hybridized carbons (Fsp3) is 0.500. The Bertz CT molecular complexity index is 364. The molecule has 2 rings (SSSR count). The van der Waals surface area contributed by atoms with Crippen LogP contribution in [0.3, 0.4) is 0 Å². The van der Waals surface area contributed by atoms with E-state index in [-0.39, 0.29) is 11.5 Å². The number of aliphatic hydroxyl groups is 1. The van der Waals surface area contributed by atoms with Crippen molar-refractivity contribution in [3.05, 3.63) is 35.4 Å². The Morgan fingerprint density at radius 2 is 1.94 bits per heavy atom. The Morgan fingerprint density at radius 1 is 1.31 bits per heavy atom. The van der Waals surface area contributed by atoms with Gasteiger partial charge in [-0.15, -0.1) is 0 Å². The van der Waals surface area contributed by atoms with E-state index in [9.17, 15) is 13.9 Å². The molecule has 4 heteroatoms. The topological polar surface area (TPSA) is 29.5 Å². The van der Waals surface area contributed by atoms with Gasteiger partial charge in [-0.2, -0.15) is 0 Å². The van der Waals surface area contributed by atoms with Crippen molar-refractivity contribution in [2.45, 2.75) is 18.9 Å². The van der Waals surface area contributed by atoms with Crippen LogP contribution >= 0.6 is 0 Å². The van der Waals surface area contributed by atoms with E-state index in [1.54, 1.807) is 6.92 Å². The average molecular weight is 228 g/mol. The molecule has 0 aliphatic carbocycles. The molecule has 1 saturated heterocycles. The number of benzene rings is 1. The molecule has 1 aromatic rings. The highest BCUT2D eigenvalue weighted by Gasteiger charge is 2.36. The lowest BCUT2D eigenvalue weighted by atomic mass is 9.82. The largest absolute Gasteiger partial charge is 0.385 e. The third-order valence-electron chi connectivity index (χ3n) is 3.17. The quantitative estimate of drug-likeness (QED) is 0.841. The van der Waals surface area contributed by atoms with Crippen LogP contribution in [-0.2, 0) is 10.3 Å². The van der Waals surface area contributed by atoms with Crippen molar-refractivity contribution in [1.29, 1.82) is 0 Å². The Kier molecular flexibility index (Phi) is 2.95. The fourth-order valence-corrected chi connectivity index (χ4v) is 2.06. The third kappa shape index (κ3) is 2.08. The molecule has 0 saturated carbocycles. The van der Waals surface area contributed by atoms with E-state index in [4.69, 9.17) is 4.74 Å². The van der Waals surface area contributed by atoms with Crippen LogP contribution in [0.4, 0.5) is 8.78 Å². The highest BCUT2D eigenvalue weighted by molar-refractivity contribution is 5.24. The van der Waals surface area contributed by atoms with Crippen LogP contribution in [-0.4, -0.2) is 18.3 Å². The summed E-state index contributed by atoms with van der Waals surface area (Å²) in [7, 11) is 0. The molecule has 1 aliphatic rings. The molecule has 2 atom stereocenters. The zero-order chi connectivity index (χ0) is 11.8. The van der Waals surface area contributed by atoms with Crippen molar-refractivity contribution >= 4 is 0 Å². The second-order valence-corrected chi connectivity index (χ2v) is 4.37. The van der Waals surface area contributed by atoms with Gasteiger partial charge in [0.05, 0.1) is 12.2 Å². The maximum absolute atomic E-state index is 13.1. The number of halogens is 2. The van der Waals surface area contributed by atoms with Gasteiger partial charge in [0.2, 0.25) is 0 Å². The highest BCUT2D eigenvalue weighted by Crippen LogP contribution is 2.35. The third-order valence-corrected chi connectivity index (χ3v) is 3.17. The molecule has 0 bridgehead atoms. The first-order chi connectivity index (χ1) is 7.50. The van der Waals surface area contributed by atoms with Crippen LogP contribution in [0, 0.1) is 17.6 Å². The summed E-state index contributed by atoms with van der Waals surface area (Å²) in [4.78, 5) is 0. The molecule has 88 valence electrons. The fourth-order valence-electron chi connectivity index (χ4n) is 2.06. The minimum atomic E-state index is -1.25. The Balaban J connectivity index is 2.33. The maximum atomic E-state index is 13.1. The summed E-state index contributed by atoms with van der Waals surface area (Å²) in [6, 6.07) is 3.13. The lowest BCUT2D eigenvalue weighted by Crippen LogP contribution is -2.32. The van der Waals surface area contributed by atoms with Crippen molar-refractivity contribution in [2.75, 3.05) is 13.2 Å². The summed E-state index contributed by atoms with van der Waals surface area (Å²) in [5, 5.41) is 10.3. The molecule has 16 heavy (non-hydrogen) atoms. The number of rotatable bonds is 2. The van der Waals surface area contributed by atoms with E-state index in [0.29, 0.717) is 19.6 Å². The normalized spacial score (nSPS) is 24.4. The van der Waals surface area contributed by atoms with Gasteiger partial charge in [0, 0.05) is 18.6 Å². The van der Waals surface area contributed by atoms with Crippen molar-refractivity contribution in [3.8, 4) is 0 Å². The van der Waals surface area contributed by atoms with Gasteiger partial charge in [-0.3, -0.25) is 0 Å². The zero-order valence-electron chi connectivity index (χ0n) is 9.04. The summed E-state index contributed by atoms with van der Waals surface area (Å²) >= 11 is 0. The van der Waals surface area contributed by atoms with Gasteiger partial charge in [0.15, 0.2) is 0 Å². The van der Waals surface area contributed by atoms with Gasteiger partial charge >= 0.3 is 0 Å². The molecule has 1 heterocycles. The SMILES string of the molecule is CC(O)(c1cc(F)cc(F)c1)C1CCOC1. The van der Waals surface area contributed by atoms with E-state index >= 15 is 0 Å². The lowest BCUT2D eigenvalue weighted by molar-refractivity contribution is -0.0102. The summed E-state index contributed by atoms with van der Waals surface area (Å²) < 4.78 is 31.3. The summed E-state index contributed by atoms with van der Waals surface area (Å²) in [6.07, 6.45) is 0.700. The predicted molar refractivity (Wildman–Crippen MR) is 54.9 cm³/mol. The lowest BCUT2D eigenvalue weighted by Gasteiger charge is -2.29. The summed E-state index contributed by atoms with van der Waals surface area (Å²) in [5.41, 5.74) is -0.986. The van der Waals surface area contributed by atoms with Crippen LogP contribution in [0.1, 0.15) is 18.9 Å². The van der Waals surface area contributed by atoms with E-state index in [0.717, 1.165) is 6.07 Å². The molecule has 1 N–H and O–H groups in total. The predicted octanol–water partition coefficient (Wildman–Crippen LogP) is 2.21. The standard InChI is InChI=1S/C12H14F2O2/c1-12(15,8-2-3-16-7-8)9-4-10(13)6-11(14)5-9/h4-6,8,15H,2-3,7H2,1H3. The first kappa shape index (κ1) is 11.5. The molecule has 0 amide bonds. The van der Waals surface area contributed by atoms with Gasteiger partial charge in [-0.05, 0) is 31.0 Å². The maximum Gasteiger partial charge on any atom is 0.126 e. The van der Waals surface area contributed by atoms with E-state index < -0.39 is 17.2 Å². The summed E-state index contributed by atoms with van der Waals surface area (Å²) in [6.45, 7) is 2.57. The van der Waals surface area contributed by atoms with Crippen LogP contribution < -0.4 is 0 Å². The molecule has 0 spiro atoms. The van der Waals surface area contributed by atoms with Gasteiger partial charge < -0.3 is 9.84 Å². The Labute approximate surface area is 92.9 Å². The van der Waals surface area contributed by atoms with E-state index in [1.807, 2.05) is 0 Å². The Morgan fingerprint density at radius 3 is 2.44 bits per heavy atom. The van der Waals surface area contributed by atoms with Gasteiger partial charge in [0.1, 0.15) is 11.6 Å². The van der Waals surface area contributed by atoms with Crippen molar-refractivity contribution < 1.29 is 18.6 Å². The zero-order valence-corrected chi connectivity index (χ0v) is 9.04. The van der Waals surface area contributed by atoms with Crippen LogP contribution in [0.2, 0.25) is 0 Å². The number of hydrogen-bond acceptors (Lipinski definition) is 2. The van der Waals surface area contributed by atoms with E-state index in [2.05, 4.69) is 0 Å². The molecule has 0 radical (unpaired) electrons. The molecule has 0 aromatic heterocycles. The Hall–Kier alpha value is -1.00. The van der Waals surface area contributed by atoms with Crippen molar-refractivity contribution in [2.24, 2.45) is 5.92 Å². The van der Waals surface area contributed by atoms with Crippen molar-refractivity contribution in [1.82, 2.24) is 0 Å². The van der Waals surface area contributed by atoms with E-state index in [1.165, 1.54) is 12.1 Å². The van der Waals surface area contributed by atoms with Gasteiger partial charge in [-0.25, -0.2) is 8.78 Å². The van der Waals surface area contributed by atoms with Crippen LogP contribution in [0.25, 0.3) is 0 Å². The van der Waals surface area contributed by atoms with Crippen LogP contribution in [0.5, 0.6) is 0 Å². The number of ether oxygens (including phenoxy) is 1. The average Bonchev–Trinajstić information content (AvgIpc) is 2.69. The first-order valence-electron chi connectivity index (χ1n) is 5.27. The van der Waals surface area contributed by atoms with Gasteiger partial charge in [-0.1, -0.05) is 0 Å². The summed E-state index contributed by atoms with van der Waals surface area (Å²) in [5.74, 6) is -1.46. The molecule has 1 fully saturated rings. The second kappa shape index (κ2) is 4.11.